The van der Waals surface area contributed by atoms with Crippen LogP contribution in [0.3, 0.4) is 0 Å². The van der Waals surface area contributed by atoms with Gasteiger partial charge in [-0.05, 0) is 61.0 Å². The maximum absolute atomic E-state index is 12.4. The first kappa shape index (κ1) is 23.7. The number of hydrazone groups is 1. The standard InChI is InChI=1S/C24H24N4O4S/c1-17(18-9-13-21(14-10-18)25-23(29)19-7-5-4-6-8-19)26-27-24(30)20-11-15-22(16-12-20)28(2)33(3,31)32/h4-16H,1-3H3,(H,25,29)(H,27,30)/b26-17-. The van der Waals surface area contributed by atoms with Crippen molar-refractivity contribution in [1.29, 1.82) is 0 Å². The number of benzene rings is 3. The molecule has 0 spiro atoms. The minimum Gasteiger partial charge on any atom is -0.322 e. The molecule has 33 heavy (non-hydrogen) atoms. The Balaban J connectivity index is 1.61. The van der Waals surface area contributed by atoms with Gasteiger partial charge in [0.05, 0.1) is 17.7 Å². The van der Waals surface area contributed by atoms with Crippen molar-refractivity contribution in [3.8, 4) is 0 Å². The van der Waals surface area contributed by atoms with E-state index < -0.39 is 15.9 Å². The average Bonchev–Trinajstić information content (AvgIpc) is 2.82. The summed E-state index contributed by atoms with van der Waals surface area (Å²) in [5.74, 6) is -0.621. The highest BCUT2D eigenvalue weighted by Crippen LogP contribution is 2.16. The second-order valence-electron chi connectivity index (χ2n) is 7.31. The lowest BCUT2D eigenvalue weighted by Crippen LogP contribution is -2.25. The molecule has 0 aromatic heterocycles. The van der Waals surface area contributed by atoms with Gasteiger partial charge >= 0.3 is 0 Å². The molecule has 0 saturated heterocycles. The number of carbonyl (C=O) groups excluding carboxylic acids is 2. The molecule has 170 valence electrons. The van der Waals surface area contributed by atoms with E-state index in [1.54, 1.807) is 67.6 Å². The molecular formula is C24H24N4O4S. The van der Waals surface area contributed by atoms with Crippen LogP contribution in [0.15, 0.2) is 84.0 Å². The van der Waals surface area contributed by atoms with Crippen LogP contribution in [0.2, 0.25) is 0 Å². The van der Waals surface area contributed by atoms with Crippen LogP contribution in [0.5, 0.6) is 0 Å². The number of nitrogens with one attached hydrogen (secondary N) is 2. The molecule has 9 heteroatoms. The lowest BCUT2D eigenvalue weighted by molar-refractivity contribution is 0.0954. The number of hydrogen-bond donors (Lipinski definition) is 2. The molecule has 2 N–H and O–H groups in total. The highest BCUT2D eigenvalue weighted by Gasteiger charge is 2.13. The van der Waals surface area contributed by atoms with Crippen molar-refractivity contribution >= 4 is 38.9 Å². The third-order valence-corrected chi connectivity index (χ3v) is 6.12. The van der Waals surface area contributed by atoms with E-state index in [1.165, 1.54) is 19.2 Å². The van der Waals surface area contributed by atoms with E-state index in [2.05, 4.69) is 15.8 Å². The fraction of sp³-hybridized carbons (Fsp3) is 0.125. The number of amides is 2. The second kappa shape index (κ2) is 10.1. The van der Waals surface area contributed by atoms with E-state index >= 15 is 0 Å². The summed E-state index contributed by atoms with van der Waals surface area (Å²) in [7, 11) is -1.94. The van der Waals surface area contributed by atoms with Gasteiger partial charge in [-0.2, -0.15) is 5.10 Å². The van der Waals surface area contributed by atoms with Crippen LogP contribution in [-0.2, 0) is 10.0 Å². The second-order valence-corrected chi connectivity index (χ2v) is 9.33. The number of hydrogen-bond acceptors (Lipinski definition) is 5. The van der Waals surface area contributed by atoms with Gasteiger partial charge in [-0.15, -0.1) is 0 Å². The van der Waals surface area contributed by atoms with Crippen LogP contribution < -0.4 is 15.0 Å². The predicted octanol–water partition coefficient (Wildman–Crippen LogP) is 3.49. The van der Waals surface area contributed by atoms with Crippen molar-refractivity contribution in [3.05, 3.63) is 95.6 Å². The molecule has 0 bridgehead atoms. The monoisotopic (exact) mass is 464 g/mol. The molecule has 0 fully saturated rings. The zero-order chi connectivity index (χ0) is 24.0. The molecule has 3 rings (SSSR count). The molecule has 3 aromatic carbocycles. The van der Waals surface area contributed by atoms with Crippen molar-refractivity contribution in [2.45, 2.75) is 6.92 Å². The number of nitrogens with zero attached hydrogens (tertiary/aromatic N) is 2. The summed E-state index contributed by atoms with van der Waals surface area (Å²) in [6.45, 7) is 1.75. The van der Waals surface area contributed by atoms with Gasteiger partial charge in [-0.3, -0.25) is 13.9 Å². The van der Waals surface area contributed by atoms with E-state index in [4.69, 9.17) is 0 Å². The molecule has 0 heterocycles. The van der Waals surface area contributed by atoms with Gasteiger partial charge in [0.1, 0.15) is 0 Å². The molecule has 0 aliphatic carbocycles. The number of sulfonamides is 1. The largest absolute Gasteiger partial charge is 0.322 e. The van der Waals surface area contributed by atoms with Gasteiger partial charge in [0.15, 0.2) is 0 Å². The predicted molar refractivity (Wildman–Crippen MR) is 130 cm³/mol. The van der Waals surface area contributed by atoms with E-state index in [9.17, 15) is 18.0 Å². The molecule has 0 saturated carbocycles. The highest BCUT2D eigenvalue weighted by molar-refractivity contribution is 7.92. The van der Waals surface area contributed by atoms with E-state index in [1.807, 2.05) is 6.07 Å². The van der Waals surface area contributed by atoms with Crippen LogP contribution in [0.25, 0.3) is 0 Å². The van der Waals surface area contributed by atoms with Crippen LogP contribution in [0.1, 0.15) is 33.2 Å². The molecule has 0 radical (unpaired) electrons. The van der Waals surface area contributed by atoms with Crippen LogP contribution in [0.4, 0.5) is 11.4 Å². The van der Waals surface area contributed by atoms with Gasteiger partial charge in [-0.25, -0.2) is 13.8 Å². The first-order valence-electron chi connectivity index (χ1n) is 10.0. The maximum atomic E-state index is 12.4. The minimum atomic E-state index is -3.38. The Hall–Kier alpha value is -3.98. The van der Waals surface area contributed by atoms with E-state index in [0.717, 1.165) is 16.1 Å². The summed E-state index contributed by atoms with van der Waals surface area (Å²) < 4.78 is 24.3. The fourth-order valence-electron chi connectivity index (χ4n) is 2.87. The molecule has 3 aromatic rings. The number of anilines is 2. The Morgan fingerprint density at radius 1 is 0.788 bits per heavy atom. The van der Waals surface area contributed by atoms with Crippen LogP contribution in [0, 0.1) is 0 Å². The van der Waals surface area contributed by atoms with Crippen molar-refractivity contribution in [1.82, 2.24) is 5.43 Å². The Morgan fingerprint density at radius 3 is 1.91 bits per heavy atom. The van der Waals surface area contributed by atoms with Gasteiger partial charge in [0, 0.05) is 23.9 Å². The number of rotatable bonds is 7. The molecule has 0 aliphatic rings. The minimum absolute atomic E-state index is 0.199. The van der Waals surface area contributed by atoms with Crippen LogP contribution in [-0.4, -0.2) is 39.2 Å². The van der Waals surface area contributed by atoms with Gasteiger partial charge in [0.2, 0.25) is 10.0 Å². The Bertz CT molecular complexity index is 1270. The maximum Gasteiger partial charge on any atom is 0.271 e. The summed E-state index contributed by atoms with van der Waals surface area (Å²) in [5.41, 5.74) is 5.85. The molecule has 2 amide bonds. The molecule has 0 unspecified atom stereocenters. The van der Waals surface area contributed by atoms with Crippen molar-refractivity contribution in [3.63, 3.8) is 0 Å². The fourth-order valence-corrected chi connectivity index (χ4v) is 3.37. The summed E-state index contributed by atoms with van der Waals surface area (Å²) in [6, 6.07) is 22.2. The highest BCUT2D eigenvalue weighted by atomic mass is 32.2. The summed E-state index contributed by atoms with van der Waals surface area (Å²) >= 11 is 0. The molecular weight excluding hydrogens is 440 g/mol. The SMILES string of the molecule is C/C(=N/NC(=O)c1ccc(N(C)S(C)(=O)=O)cc1)c1ccc(NC(=O)c2ccccc2)cc1. The van der Waals surface area contributed by atoms with E-state index in [0.29, 0.717) is 28.2 Å². The first-order valence-corrected chi connectivity index (χ1v) is 11.9. The Labute approximate surface area is 193 Å². The third-order valence-electron chi connectivity index (χ3n) is 4.91. The summed E-state index contributed by atoms with van der Waals surface area (Å²) in [4.78, 5) is 24.6. The Morgan fingerprint density at radius 2 is 1.33 bits per heavy atom. The quantitative estimate of drug-likeness (QED) is 0.412. The molecule has 0 aliphatic heterocycles. The molecule has 0 atom stereocenters. The lowest BCUT2D eigenvalue weighted by Gasteiger charge is -2.16. The number of carbonyl (C=O) groups is 2. The average molecular weight is 465 g/mol. The van der Waals surface area contributed by atoms with Crippen molar-refractivity contribution in [2.75, 3.05) is 22.9 Å². The topological polar surface area (TPSA) is 108 Å². The zero-order valence-electron chi connectivity index (χ0n) is 18.4. The van der Waals surface area contributed by atoms with Crippen LogP contribution >= 0.6 is 0 Å². The van der Waals surface area contributed by atoms with Gasteiger partial charge < -0.3 is 5.32 Å². The van der Waals surface area contributed by atoms with Crippen molar-refractivity contribution < 1.29 is 18.0 Å². The first-order chi connectivity index (χ1) is 15.6. The normalized spacial score (nSPS) is 11.5. The van der Waals surface area contributed by atoms with Gasteiger partial charge in [0.25, 0.3) is 11.8 Å². The smallest absolute Gasteiger partial charge is 0.271 e. The lowest BCUT2D eigenvalue weighted by atomic mass is 10.1. The summed E-state index contributed by atoms with van der Waals surface area (Å²) in [6.07, 6.45) is 1.11. The zero-order valence-corrected chi connectivity index (χ0v) is 19.3. The van der Waals surface area contributed by atoms with E-state index in [-0.39, 0.29) is 5.91 Å². The molecule has 8 nitrogen and oxygen atoms in total. The third kappa shape index (κ3) is 6.27. The van der Waals surface area contributed by atoms with Crippen molar-refractivity contribution in [2.24, 2.45) is 5.10 Å². The Kier molecular flexibility index (Phi) is 7.24. The van der Waals surface area contributed by atoms with Gasteiger partial charge in [-0.1, -0.05) is 30.3 Å². The summed E-state index contributed by atoms with van der Waals surface area (Å²) in [5, 5.41) is 6.96.